The Hall–Kier alpha value is -3.57. The molecule has 0 unspecified atom stereocenters. The minimum absolute atomic E-state index is 0.0997. The second-order valence-electron chi connectivity index (χ2n) is 6.82. The van der Waals surface area contributed by atoms with Crippen LogP contribution in [0.5, 0.6) is 0 Å². The van der Waals surface area contributed by atoms with Crippen LogP contribution in [0.4, 0.5) is 11.4 Å². The highest BCUT2D eigenvalue weighted by molar-refractivity contribution is 9.10. The van der Waals surface area contributed by atoms with E-state index in [1.165, 1.54) is 43.3 Å². The van der Waals surface area contributed by atoms with Crippen molar-refractivity contribution < 1.29 is 27.7 Å². The third kappa shape index (κ3) is 5.82. The summed E-state index contributed by atoms with van der Waals surface area (Å²) in [7, 11) is -4.25. The lowest BCUT2D eigenvalue weighted by atomic mass is 10.1. The summed E-state index contributed by atoms with van der Waals surface area (Å²) < 4.78 is 33.8. The number of nitro benzene ring substituents is 1. The number of benzene rings is 3. The fraction of sp³-hybridized carbons (Fsp3) is 0.0909. The summed E-state index contributed by atoms with van der Waals surface area (Å²) in [5, 5.41) is 11.0. The van der Waals surface area contributed by atoms with E-state index < -0.39 is 38.5 Å². The van der Waals surface area contributed by atoms with Gasteiger partial charge in [-0.05, 0) is 37.3 Å². The van der Waals surface area contributed by atoms with Crippen LogP contribution in [0.1, 0.15) is 27.6 Å². The maximum Gasteiger partial charge on any atom is 0.340 e. The number of non-ortho nitro benzene ring substituents is 1. The van der Waals surface area contributed by atoms with Crippen molar-refractivity contribution in [3.05, 3.63) is 98.5 Å². The number of anilines is 1. The van der Waals surface area contributed by atoms with Gasteiger partial charge in [0, 0.05) is 22.2 Å². The van der Waals surface area contributed by atoms with E-state index in [-0.39, 0.29) is 16.1 Å². The number of halogens is 1. The highest BCUT2D eigenvalue weighted by Gasteiger charge is 2.24. The van der Waals surface area contributed by atoms with Gasteiger partial charge in [-0.15, -0.1) is 0 Å². The molecule has 0 aliphatic carbocycles. The quantitative estimate of drug-likeness (QED) is 0.194. The zero-order valence-electron chi connectivity index (χ0n) is 17.1. The third-order valence-electron chi connectivity index (χ3n) is 4.51. The number of hydrogen-bond donors (Lipinski definition) is 1. The number of sulfonamides is 1. The highest BCUT2D eigenvalue weighted by atomic mass is 79.9. The number of nitrogens with one attached hydrogen (secondary N) is 1. The molecule has 0 radical (unpaired) electrons. The fourth-order valence-corrected chi connectivity index (χ4v) is 4.23. The van der Waals surface area contributed by atoms with E-state index in [0.29, 0.717) is 5.56 Å². The van der Waals surface area contributed by atoms with Crippen LogP contribution in [0.15, 0.2) is 82.2 Å². The first-order valence-electron chi connectivity index (χ1n) is 9.45. The summed E-state index contributed by atoms with van der Waals surface area (Å²) >= 11 is 3.28. The molecule has 0 aliphatic heterocycles. The van der Waals surface area contributed by atoms with Crippen LogP contribution in [0.3, 0.4) is 0 Å². The fourth-order valence-electron chi connectivity index (χ4n) is 2.84. The van der Waals surface area contributed by atoms with Gasteiger partial charge in [0.2, 0.25) is 5.78 Å². The first-order chi connectivity index (χ1) is 15.6. The Bertz CT molecular complexity index is 1320. The Kier molecular flexibility index (Phi) is 7.24. The molecule has 0 amide bonds. The van der Waals surface area contributed by atoms with Crippen LogP contribution in [0.2, 0.25) is 0 Å². The number of esters is 1. The first-order valence-corrected chi connectivity index (χ1v) is 11.7. The average Bonchev–Trinajstić information content (AvgIpc) is 2.79. The zero-order chi connectivity index (χ0) is 24.2. The molecule has 0 fully saturated rings. The molecule has 3 aromatic carbocycles. The van der Waals surface area contributed by atoms with Crippen molar-refractivity contribution in [2.45, 2.75) is 17.9 Å². The lowest BCUT2D eigenvalue weighted by Gasteiger charge is -2.15. The summed E-state index contributed by atoms with van der Waals surface area (Å²) in [5.74, 6) is -1.34. The molecule has 0 spiro atoms. The van der Waals surface area contributed by atoms with Crippen LogP contribution >= 0.6 is 15.9 Å². The largest absolute Gasteiger partial charge is 0.451 e. The molecule has 0 saturated carbocycles. The number of para-hydroxylation sites is 1. The normalized spacial score (nSPS) is 11.9. The number of Topliss-reactive ketones (excluding diaryl/α,β-unsaturated/α-hetero) is 1. The molecule has 9 nitrogen and oxygen atoms in total. The van der Waals surface area contributed by atoms with Gasteiger partial charge in [0.15, 0.2) is 6.10 Å². The predicted octanol–water partition coefficient (Wildman–Crippen LogP) is 4.59. The first kappa shape index (κ1) is 24.1. The van der Waals surface area contributed by atoms with Crippen LogP contribution in [0.25, 0.3) is 0 Å². The monoisotopic (exact) mass is 532 g/mol. The highest BCUT2D eigenvalue weighted by Crippen LogP contribution is 2.24. The minimum Gasteiger partial charge on any atom is -0.451 e. The third-order valence-corrected chi connectivity index (χ3v) is 6.40. The smallest absolute Gasteiger partial charge is 0.340 e. The lowest BCUT2D eigenvalue weighted by molar-refractivity contribution is -0.385. The van der Waals surface area contributed by atoms with E-state index in [1.54, 1.807) is 24.3 Å². The van der Waals surface area contributed by atoms with Gasteiger partial charge in [-0.25, -0.2) is 13.2 Å². The summed E-state index contributed by atoms with van der Waals surface area (Å²) in [6.45, 7) is 1.41. The van der Waals surface area contributed by atoms with Crippen LogP contribution < -0.4 is 4.72 Å². The van der Waals surface area contributed by atoms with Gasteiger partial charge in [-0.2, -0.15) is 0 Å². The molecule has 0 bridgehead atoms. The number of ether oxygens (including phenoxy) is 1. The number of rotatable bonds is 8. The average molecular weight is 533 g/mol. The molecule has 3 rings (SSSR count). The molecule has 0 aliphatic rings. The van der Waals surface area contributed by atoms with Crippen molar-refractivity contribution in [3.8, 4) is 0 Å². The van der Waals surface area contributed by atoms with Crippen molar-refractivity contribution in [2.75, 3.05) is 4.72 Å². The second kappa shape index (κ2) is 9.92. The number of carbonyl (C=O) groups excluding carboxylic acids is 2. The molecule has 0 saturated heterocycles. The second-order valence-corrected chi connectivity index (χ2v) is 9.42. The number of hydrogen-bond acceptors (Lipinski definition) is 7. The Morgan fingerprint density at radius 1 is 1.03 bits per heavy atom. The van der Waals surface area contributed by atoms with E-state index in [4.69, 9.17) is 4.74 Å². The summed E-state index contributed by atoms with van der Waals surface area (Å²) in [6, 6.07) is 16.7. The Labute approximate surface area is 197 Å². The van der Waals surface area contributed by atoms with Crippen LogP contribution in [-0.2, 0) is 14.8 Å². The zero-order valence-corrected chi connectivity index (χ0v) is 19.5. The van der Waals surface area contributed by atoms with E-state index in [1.807, 2.05) is 0 Å². The molecule has 1 N–H and O–H groups in total. The van der Waals surface area contributed by atoms with E-state index in [9.17, 15) is 28.1 Å². The molecule has 11 heteroatoms. The molecule has 170 valence electrons. The van der Waals surface area contributed by atoms with Gasteiger partial charge in [0.1, 0.15) is 0 Å². The molecular weight excluding hydrogens is 516 g/mol. The van der Waals surface area contributed by atoms with Gasteiger partial charge in [-0.3, -0.25) is 19.6 Å². The van der Waals surface area contributed by atoms with Crippen molar-refractivity contribution in [2.24, 2.45) is 0 Å². The molecule has 1 atom stereocenters. The summed E-state index contributed by atoms with van der Waals surface area (Å²) in [5.41, 5.74) is -0.275. The van der Waals surface area contributed by atoms with E-state index in [2.05, 4.69) is 20.7 Å². The minimum atomic E-state index is -4.25. The molecule has 33 heavy (non-hydrogen) atoms. The molecule has 0 heterocycles. The van der Waals surface area contributed by atoms with Crippen molar-refractivity contribution >= 4 is 49.1 Å². The topological polar surface area (TPSA) is 133 Å². The number of ketones is 1. The standard InChI is InChI=1S/C22H17BrN2O7S/c1-14(21(26)15-9-11-16(23)12-10-15)32-22(27)19-7-2-3-8-20(19)24-33(30,31)18-6-4-5-17(13-18)25(28)29/h2-14,24H,1H3/t14-/m1/s1. The Morgan fingerprint density at radius 2 is 1.70 bits per heavy atom. The van der Waals surface area contributed by atoms with Gasteiger partial charge in [0.05, 0.1) is 21.1 Å². The van der Waals surface area contributed by atoms with Gasteiger partial charge < -0.3 is 4.74 Å². The SMILES string of the molecule is C[C@@H](OC(=O)c1ccccc1NS(=O)(=O)c1cccc([N+](=O)[O-])c1)C(=O)c1ccc(Br)cc1. The van der Waals surface area contributed by atoms with Crippen LogP contribution in [0, 0.1) is 10.1 Å². The number of nitro groups is 1. The van der Waals surface area contributed by atoms with Gasteiger partial charge in [0.25, 0.3) is 15.7 Å². The number of nitrogens with zero attached hydrogens (tertiary/aromatic N) is 1. The van der Waals surface area contributed by atoms with Gasteiger partial charge in [-0.1, -0.05) is 46.3 Å². The van der Waals surface area contributed by atoms with Gasteiger partial charge >= 0.3 is 5.97 Å². The maximum atomic E-state index is 12.8. The number of carbonyl (C=O) groups is 2. The Morgan fingerprint density at radius 3 is 2.36 bits per heavy atom. The molecular formula is C22H17BrN2O7S. The molecule has 0 aromatic heterocycles. The Balaban J connectivity index is 1.81. The summed E-state index contributed by atoms with van der Waals surface area (Å²) in [4.78, 5) is 35.2. The van der Waals surface area contributed by atoms with E-state index >= 15 is 0 Å². The maximum absolute atomic E-state index is 12.8. The van der Waals surface area contributed by atoms with Crippen molar-refractivity contribution in [1.29, 1.82) is 0 Å². The molecule has 3 aromatic rings. The predicted molar refractivity (Wildman–Crippen MR) is 124 cm³/mol. The summed E-state index contributed by atoms with van der Waals surface area (Å²) in [6.07, 6.45) is -1.12. The van der Waals surface area contributed by atoms with Crippen LogP contribution in [-0.4, -0.2) is 31.2 Å². The van der Waals surface area contributed by atoms with E-state index in [0.717, 1.165) is 16.6 Å². The lowest BCUT2D eigenvalue weighted by Crippen LogP contribution is -2.25. The van der Waals surface area contributed by atoms with Crippen molar-refractivity contribution in [3.63, 3.8) is 0 Å². The van der Waals surface area contributed by atoms with Crippen molar-refractivity contribution in [1.82, 2.24) is 0 Å².